The van der Waals surface area contributed by atoms with Gasteiger partial charge < -0.3 is 18.8 Å². The molecule has 0 unspecified atom stereocenters. The third-order valence-electron chi connectivity index (χ3n) is 17.7. The smallest absolute Gasteiger partial charge is 0.135 e. The molecule has 3 aromatic heterocycles. The summed E-state index contributed by atoms with van der Waals surface area (Å²) in [5.41, 5.74) is 19.7. The molecular formula is C77H51N4OPt-3. The summed E-state index contributed by atoms with van der Waals surface area (Å²) in [4.78, 5) is 7.15. The Labute approximate surface area is 495 Å². The predicted molar refractivity (Wildman–Crippen MR) is 337 cm³/mol. The molecule has 2 aliphatic carbocycles. The van der Waals surface area contributed by atoms with Crippen LogP contribution in [0, 0.1) is 18.8 Å². The molecule has 0 bridgehead atoms. The van der Waals surface area contributed by atoms with E-state index in [1.807, 2.05) is 24.4 Å². The monoisotopic (exact) mass is 1240 g/mol. The molecule has 0 N–H and O–H groups in total. The zero-order chi connectivity index (χ0) is 54.4. The van der Waals surface area contributed by atoms with Crippen LogP contribution >= 0.6 is 0 Å². The van der Waals surface area contributed by atoms with Gasteiger partial charge in [-0.05, 0) is 153 Å². The van der Waals surface area contributed by atoms with Gasteiger partial charge >= 0.3 is 0 Å². The number of nitrogens with zero attached hydrogens (tertiary/aromatic N) is 4. The van der Waals surface area contributed by atoms with Crippen LogP contribution in [0.4, 0.5) is 11.4 Å². The van der Waals surface area contributed by atoms with Gasteiger partial charge in [-0.2, -0.15) is 12.1 Å². The first-order chi connectivity index (χ1) is 40.3. The Balaban J connectivity index is 0.00000565. The molecule has 1 aliphatic heterocycles. The van der Waals surface area contributed by atoms with Gasteiger partial charge in [0.1, 0.15) is 5.82 Å². The molecule has 83 heavy (non-hydrogen) atoms. The zero-order valence-corrected chi connectivity index (χ0v) is 48.0. The maximum atomic E-state index is 6.77. The first-order valence-corrected chi connectivity index (χ1v) is 28.3. The van der Waals surface area contributed by atoms with Crippen molar-refractivity contribution in [3.8, 4) is 50.7 Å². The van der Waals surface area contributed by atoms with Gasteiger partial charge in [-0.15, -0.1) is 35.7 Å². The van der Waals surface area contributed by atoms with E-state index in [0.29, 0.717) is 11.5 Å². The third-order valence-corrected chi connectivity index (χ3v) is 17.7. The fourth-order valence-corrected chi connectivity index (χ4v) is 14.1. The summed E-state index contributed by atoms with van der Waals surface area (Å²) in [7, 11) is 0. The summed E-state index contributed by atoms with van der Waals surface area (Å²) < 4.78 is 11.4. The Morgan fingerprint density at radius 1 is 0.446 bits per heavy atom. The van der Waals surface area contributed by atoms with Gasteiger partial charge in [0.15, 0.2) is 0 Å². The van der Waals surface area contributed by atoms with Crippen molar-refractivity contribution < 1.29 is 25.8 Å². The summed E-state index contributed by atoms with van der Waals surface area (Å²) in [6.07, 6.45) is 1.91. The Morgan fingerprint density at radius 3 is 1.72 bits per heavy atom. The van der Waals surface area contributed by atoms with Crippen molar-refractivity contribution in [2.75, 3.05) is 4.90 Å². The molecule has 398 valence electrons. The average molecular weight is 1240 g/mol. The predicted octanol–water partition coefficient (Wildman–Crippen LogP) is 19.5. The standard InChI is InChI=1S/C77H51N4O.Pt/c1-76(2,3)50-40-41-78-74(44-50)81-71-32-15-10-26-62(71)63-39-36-53(46-73(63)81)82-52-19-16-18-51(45-52)79-47-80-70-31-14-9-25-61(70)54-20-4-5-21-55(54)65-42-48(34-37-56(65)64-27-17-33-72(79)75(64)80)49-35-38-60-59-24-8-13-30-68(59)77(69(60)43-49)66-28-11-6-22-57(66)58-23-7-12-29-67(58)77;/h4-44,47H,1-3H3;/q-3;. The molecule has 0 saturated heterocycles. The van der Waals surface area contributed by atoms with Crippen molar-refractivity contribution in [1.82, 2.24) is 14.1 Å². The van der Waals surface area contributed by atoms with Gasteiger partial charge in [-0.25, -0.2) is 4.98 Å². The Hall–Kier alpha value is -9.67. The van der Waals surface area contributed by atoms with E-state index >= 15 is 0 Å². The SMILES string of the molecule is CC(C)(C)c1ccnc(-n2c3[c-]c(Oc4[c-]c(N5[CH-]n6c7ccccc7c7ccccc7c7cc(-c8ccc9c(c8)C8(c%10ccccc%10-c%10ccccc%108)c8ccccc8-9)ccc7c7cccc5c76)ccc4)ccc3c3ccccc32)c1.[Pt]. The normalized spacial score (nSPS) is 13.3. The van der Waals surface area contributed by atoms with E-state index in [1.165, 1.54) is 77.4 Å². The average Bonchev–Trinajstić information content (AvgIpc) is 2.02. The Kier molecular flexibility index (Phi) is 10.9. The minimum absolute atomic E-state index is 0. The fraction of sp³-hybridized carbons (Fsp3) is 0.0649. The largest absolute Gasteiger partial charge is 0.509 e. The van der Waals surface area contributed by atoms with Crippen LogP contribution in [0.2, 0.25) is 0 Å². The molecule has 4 heterocycles. The Bertz CT molecular complexity index is 5070. The molecule has 0 amide bonds. The number of fused-ring (bicyclic) bond motifs is 20. The van der Waals surface area contributed by atoms with E-state index in [-0.39, 0.29) is 26.5 Å². The second-order valence-electron chi connectivity index (χ2n) is 23.1. The second kappa shape index (κ2) is 18.4. The third kappa shape index (κ3) is 7.17. The van der Waals surface area contributed by atoms with Gasteiger partial charge in [-0.1, -0.05) is 213 Å². The first-order valence-electron chi connectivity index (χ1n) is 28.3. The van der Waals surface area contributed by atoms with Crippen LogP contribution in [0.25, 0.3) is 104 Å². The minimum Gasteiger partial charge on any atom is -0.509 e. The summed E-state index contributed by atoms with van der Waals surface area (Å²) >= 11 is 0. The van der Waals surface area contributed by atoms with Gasteiger partial charge in [-0.3, -0.25) is 0 Å². The van der Waals surface area contributed by atoms with Gasteiger partial charge in [0.2, 0.25) is 0 Å². The van der Waals surface area contributed by atoms with E-state index in [0.717, 1.165) is 66.2 Å². The molecule has 11 aromatic carbocycles. The van der Waals surface area contributed by atoms with Crippen LogP contribution in [0.1, 0.15) is 48.6 Å². The zero-order valence-electron chi connectivity index (χ0n) is 45.8. The molecule has 3 aliphatic rings. The molecule has 0 radical (unpaired) electrons. The number of hydrogen-bond donors (Lipinski definition) is 0. The van der Waals surface area contributed by atoms with E-state index in [1.54, 1.807) is 0 Å². The molecule has 17 rings (SSSR count). The molecule has 0 atom stereocenters. The van der Waals surface area contributed by atoms with Crippen molar-refractivity contribution in [3.63, 3.8) is 0 Å². The molecule has 14 aromatic rings. The number of ether oxygens (including phenoxy) is 1. The van der Waals surface area contributed by atoms with E-state index in [2.05, 4.69) is 278 Å². The summed E-state index contributed by atoms with van der Waals surface area (Å²) in [6, 6.07) is 96.3. The molecule has 6 heteroatoms. The van der Waals surface area contributed by atoms with Gasteiger partial charge in [0.05, 0.1) is 5.41 Å². The van der Waals surface area contributed by atoms with Crippen molar-refractivity contribution in [3.05, 3.63) is 295 Å². The van der Waals surface area contributed by atoms with E-state index in [4.69, 9.17) is 9.72 Å². The van der Waals surface area contributed by atoms with Crippen LogP contribution in [0.3, 0.4) is 0 Å². The maximum absolute atomic E-state index is 6.77. The molecule has 5 nitrogen and oxygen atoms in total. The van der Waals surface area contributed by atoms with Crippen molar-refractivity contribution in [2.24, 2.45) is 0 Å². The van der Waals surface area contributed by atoms with Crippen LogP contribution in [-0.2, 0) is 31.9 Å². The number of aromatic nitrogens is 3. The van der Waals surface area contributed by atoms with Crippen molar-refractivity contribution >= 4 is 76.5 Å². The summed E-state index contributed by atoms with van der Waals surface area (Å²) in [5.74, 6) is 2.03. The maximum Gasteiger partial charge on any atom is 0.135 e. The molecule has 1 spiro atoms. The van der Waals surface area contributed by atoms with Crippen molar-refractivity contribution in [1.29, 1.82) is 0 Å². The second-order valence-corrected chi connectivity index (χ2v) is 23.1. The Morgan fingerprint density at radius 2 is 1.00 bits per heavy atom. The number of rotatable bonds is 5. The number of anilines is 2. The fourth-order valence-electron chi connectivity index (χ4n) is 14.1. The van der Waals surface area contributed by atoms with Crippen LogP contribution < -0.4 is 9.64 Å². The van der Waals surface area contributed by atoms with E-state index < -0.39 is 5.41 Å². The first kappa shape index (κ1) is 49.2. The number of benzene rings is 11. The topological polar surface area (TPSA) is 35.2 Å². The van der Waals surface area contributed by atoms with Crippen LogP contribution in [0.15, 0.2) is 249 Å². The summed E-state index contributed by atoms with van der Waals surface area (Å²) in [5, 5.41) is 9.21. The number of hydrogen-bond acceptors (Lipinski definition) is 3. The molecular weight excluding hydrogens is 1190 g/mol. The van der Waals surface area contributed by atoms with Gasteiger partial charge in [0.25, 0.3) is 0 Å². The number of pyridine rings is 1. The van der Waals surface area contributed by atoms with Gasteiger partial charge in [0, 0.05) is 50.0 Å². The molecule has 0 fully saturated rings. The van der Waals surface area contributed by atoms with Crippen LogP contribution in [-0.4, -0.2) is 14.1 Å². The summed E-state index contributed by atoms with van der Waals surface area (Å²) in [6.45, 7) is 8.92. The number of para-hydroxylation sites is 3. The molecule has 0 saturated carbocycles. The van der Waals surface area contributed by atoms with E-state index in [9.17, 15) is 0 Å². The van der Waals surface area contributed by atoms with Crippen LogP contribution in [0.5, 0.6) is 11.5 Å². The quantitative estimate of drug-likeness (QED) is 0.161. The van der Waals surface area contributed by atoms with Crippen molar-refractivity contribution in [2.45, 2.75) is 31.6 Å². The minimum atomic E-state index is -0.431.